The average Bonchev–Trinajstić information content (AvgIpc) is 2.20. The maximum absolute atomic E-state index is 11.1. The number of nitrogens with one attached hydrogen (secondary N) is 2. The summed E-state index contributed by atoms with van der Waals surface area (Å²) >= 11 is 0. The maximum atomic E-state index is 11.1. The van der Waals surface area contributed by atoms with Crippen molar-refractivity contribution in [1.82, 2.24) is 10.6 Å². The zero-order valence-corrected chi connectivity index (χ0v) is 8.95. The van der Waals surface area contributed by atoms with Crippen molar-refractivity contribution in [2.75, 3.05) is 13.1 Å². The fraction of sp³-hybridized carbons (Fsp3) is 0.600. The van der Waals surface area contributed by atoms with Crippen LogP contribution in [0.4, 0.5) is 4.79 Å². The molecule has 1 unspecified atom stereocenters. The van der Waals surface area contributed by atoms with Gasteiger partial charge in [0, 0.05) is 13.1 Å². The molecule has 0 aliphatic carbocycles. The van der Waals surface area contributed by atoms with Gasteiger partial charge in [0.25, 0.3) is 0 Å². The first-order valence-corrected chi connectivity index (χ1v) is 4.97. The lowest BCUT2D eigenvalue weighted by molar-refractivity contribution is -0.141. The van der Waals surface area contributed by atoms with Crippen molar-refractivity contribution in [3.8, 4) is 0 Å². The third-order valence-corrected chi connectivity index (χ3v) is 1.90. The van der Waals surface area contributed by atoms with E-state index in [1.807, 2.05) is 6.92 Å². The zero-order chi connectivity index (χ0) is 11.7. The Labute approximate surface area is 89.6 Å². The van der Waals surface area contributed by atoms with Crippen LogP contribution in [0, 0.1) is 5.92 Å². The normalized spacial score (nSPS) is 11.5. The number of hydrogen-bond donors (Lipinski definition) is 3. The van der Waals surface area contributed by atoms with E-state index in [0.29, 0.717) is 13.0 Å². The van der Waals surface area contributed by atoms with E-state index in [4.69, 9.17) is 5.11 Å². The third kappa shape index (κ3) is 6.54. The summed E-state index contributed by atoms with van der Waals surface area (Å²) < 4.78 is 0. The Kier molecular flexibility index (Phi) is 7.05. The second kappa shape index (κ2) is 7.84. The van der Waals surface area contributed by atoms with Gasteiger partial charge in [0.05, 0.1) is 5.92 Å². The number of hydrogen-bond acceptors (Lipinski definition) is 2. The Morgan fingerprint density at radius 2 is 2.13 bits per heavy atom. The fourth-order valence-electron chi connectivity index (χ4n) is 1.10. The molecule has 0 rings (SSSR count). The van der Waals surface area contributed by atoms with Gasteiger partial charge in [-0.3, -0.25) is 4.79 Å². The molecule has 0 radical (unpaired) electrons. The lowest BCUT2D eigenvalue weighted by Gasteiger charge is -2.12. The fourth-order valence-corrected chi connectivity index (χ4v) is 1.10. The lowest BCUT2D eigenvalue weighted by Crippen LogP contribution is -2.39. The van der Waals surface area contributed by atoms with Crippen LogP contribution in [0.3, 0.4) is 0 Å². The molecule has 3 N–H and O–H groups in total. The van der Waals surface area contributed by atoms with Crippen LogP contribution in [-0.2, 0) is 4.79 Å². The molecule has 15 heavy (non-hydrogen) atoms. The first kappa shape index (κ1) is 13.5. The molecule has 0 spiro atoms. The molecule has 0 saturated carbocycles. The molecule has 0 aliphatic heterocycles. The van der Waals surface area contributed by atoms with Crippen LogP contribution in [0.5, 0.6) is 0 Å². The van der Waals surface area contributed by atoms with E-state index in [0.717, 1.165) is 6.42 Å². The van der Waals surface area contributed by atoms with Gasteiger partial charge >= 0.3 is 12.0 Å². The molecular weight excluding hydrogens is 196 g/mol. The average molecular weight is 214 g/mol. The highest BCUT2D eigenvalue weighted by atomic mass is 16.4. The van der Waals surface area contributed by atoms with Crippen molar-refractivity contribution in [1.29, 1.82) is 0 Å². The molecule has 2 amide bonds. The highest BCUT2D eigenvalue weighted by Crippen LogP contribution is 2.04. The van der Waals surface area contributed by atoms with E-state index in [-0.39, 0.29) is 12.6 Å². The van der Waals surface area contributed by atoms with Gasteiger partial charge in [0.1, 0.15) is 0 Å². The summed E-state index contributed by atoms with van der Waals surface area (Å²) in [6.45, 7) is 5.89. The van der Waals surface area contributed by atoms with Crippen LogP contribution in [0.1, 0.15) is 19.8 Å². The molecule has 0 aromatic rings. The molecule has 5 nitrogen and oxygen atoms in total. The van der Waals surface area contributed by atoms with Crippen LogP contribution in [0.25, 0.3) is 0 Å². The molecule has 0 saturated heterocycles. The Balaban J connectivity index is 3.82. The quantitative estimate of drug-likeness (QED) is 0.552. The van der Waals surface area contributed by atoms with E-state index in [9.17, 15) is 9.59 Å². The molecule has 0 fully saturated rings. The van der Waals surface area contributed by atoms with Crippen molar-refractivity contribution >= 4 is 12.0 Å². The monoisotopic (exact) mass is 214 g/mol. The molecule has 0 aliphatic rings. The topological polar surface area (TPSA) is 78.4 Å². The zero-order valence-electron chi connectivity index (χ0n) is 8.95. The van der Waals surface area contributed by atoms with Gasteiger partial charge in [-0.2, -0.15) is 0 Å². The van der Waals surface area contributed by atoms with Crippen molar-refractivity contribution in [2.45, 2.75) is 19.8 Å². The molecule has 0 heterocycles. The number of carbonyl (C=O) groups is 2. The molecule has 0 aromatic carbocycles. The van der Waals surface area contributed by atoms with E-state index in [2.05, 4.69) is 17.2 Å². The SMILES string of the molecule is C=CCNC(=O)NCC(CCC)C(=O)O. The minimum Gasteiger partial charge on any atom is -0.481 e. The minimum atomic E-state index is -0.874. The smallest absolute Gasteiger partial charge is 0.315 e. The van der Waals surface area contributed by atoms with Crippen molar-refractivity contribution in [2.24, 2.45) is 5.92 Å². The first-order valence-electron chi connectivity index (χ1n) is 4.97. The van der Waals surface area contributed by atoms with Crippen LogP contribution < -0.4 is 10.6 Å². The molecular formula is C10H18N2O3. The molecule has 5 heteroatoms. The number of amides is 2. The van der Waals surface area contributed by atoms with Crippen molar-refractivity contribution in [3.05, 3.63) is 12.7 Å². The van der Waals surface area contributed by atoms with Crippen LogP contribution in [0.15, 0.2) is 12.7 Å². The molecule has 0 bridgehead atoms. The summed E-state index contributed by atoms with van der Waals surface area (Å²) in [5.41, 5.74) is 0. The molecule has 0 aromatic heterocycles. The Morgan fingerprint density at radius 3 is 2.60 bits per heavy atom. The highest BCUT2D eigenvalue weighted by Gasteiger charge is 2.16. The second-order valence-corrected chi connectivity index (χ2v) is 3.20. The van der Waals surface area contributed by atoms with Crippen molar-refractivity contribution in [3.63, 3.8) is 0 Å². The van der Waals surface area contributed by atoms with Gasteiger partial charge in [0.15, 0.2) is 0 Å². The predicted octanol–water partition coefficient (Wildman–Crippen LogP) is 0.972. The maximum Gasteiger partial charge on any atom is 0.315 e. The van der Waals surface area contributed by atoms with Gasteiger partial charge in [-0.1, -0.05) is 19.4 Å². The Hall–Kier alpha value is -1.52. The number of rotatable bonds is 7. The summed E-state index contributed by atoms with van der Waals surface area (Å²) in [6, 6.07) is -0.364. The summed E-state index contributed by atoms with van der Waals surface area (Å²) in [5, 5.41) is 13.8. The van der Waals surface area contributed by atoms with Crippen LogP contribution in [0.2, 0.25) is 0 Å². The Morgan fingerprint density at radius 1 is 1.47 bits per heavy atom. The molecule has 1 atom stereocenters. The largest absolute Gasteiger partial charge is 0.481 e. The summed E-state index contributed by atoms with van der Waals surface area (Å²) in [5.74, 6) is -1.38. The van der Waals surface area contributed by atoms with E-state index < -0.39 is 11.9 Å². The van der Waals surface area contributed by atoms with E-state index >= 15 is 0 Å². The highest BCUT2D eigenvalue weighted by molar-refractivity contribution is 5.75. The third-order valence-electron chi connectivity index (χ3n) is 1.90. The Bertz CT molecular complexity index is 229. The number of carboxylic acid groups (broad SMARTS) is 1. The van der Waals surface area contributed by atoms with E-state index in [1.54, 1.807) is 6.08 Å². The van der Waals surface area contributed by atoms with Crippen LogP contribution >= 0.6 is 0 Å². The second-order valence-electron chi connectivity index (χ2n) is 3.20. The van der Waals surface area contributed by atoms with Crippen LogP contribution in [-0.4, -0.2) is 30.2 Å². The molecule has 86 valence electrons. The van der Waals surface area contributed by atoms with Gasteiger partial charge < -0.3 is 15.7 Å². The minimum absolute atomic E-state index is 0.159. The standard InChI is InChI=1S/C10H18N2O3/c1-3-5-8(9(13)14)7-12-10(15)11-6-4-2/h4,8H,2-3,5-7H2,1H3,(H,13,14)(H2,11,12,15). The summed E-state index contributed by atoms with van der Waals surface area (Å²) in [4.78, 5) is 21.8. The van der Waals surface area contributed by atoms with Gasteiger partial charge in [-0.25, -0.2) is 4.79 Å². The van der Waals surface area contributed by atoms with Gasteiger partial charge in [-0.15, -0.1) is 6.58 Å². The predicted molar refractivity (Wildman–Crippen MR) is 57.6 cm³/mol. The first-order chi connectivity index (χ1) is 7.11. The lowest BCUT2D eigenvalue weighted by atomic mass is 10.0. The van der Waals surface area contributed by atoms with Crippen molar-refractivity contribution < 1.29 is 14.7 Å². The van der Waals surface area contributed by atoms with Gasteiger partial charge in [0.2, 0.25) is 0 Å². The number of carbonyl (C=O) groups excluding carboxylic acids is 1. The van der Waals surface area contributed by atoms with Gasteiger partial charge in [-0.05, 0) is 6.42 Å². The summed E-state index contributed by atoms with van der Waals surface area (Å²) in [6.07, 6.45) is 2.91. The summed E-state index contributed by atoms with van der Waals surface area (Å²) in [7, 11) is 0. The number of urea groups is 1. The van der Waals surface area contributed by atoms with E-state index in [1.165, 1.54) is 0 Å². The number of carboxylic acids is 1. The number of aliphatic carboxylic acids is 1.